The minimum atomic E-state index is -0.0380. The Morgan fingerprint density at radius 3 is 2.43 bits per heavy atom. The summed E-state index contributed by atoms with van der Waals surface area (Å²) in [6, 6.07) is 0.364. The van der Waals surface area contributed by atoms with Crippen molar-refractivity contribution >= 4 is 35.9 Å². The number of nitrogens with one attached hydrogen (secondary N) is 2. The van der Waals surface area contributed by atoms with E-state index >= 15 is 0 Å². The van der Waals surface area contributed by atoms with Gasteiger partial charge in [0.2, 0.25) is 0 Å². The molecule has 2 unspecified atom stereocenters. The fourth-order valence-electron chi connectivity index (χ4n) is 4.36. The topological polar surface area (TPSA) is 72.0 Å². The molecule has 2 atom stereocenters. The Labute approximate surface area is 188 Å². The predicted octanol–water partition coefficient (Wildman–Crippen LogP) is 3.73. The standard InChI is InChI=1S/C21H39N3O3.HI/c1-6-26-19(25)15-9-11-17(12-10-15)24-20(22-5)23-14-16-8-7-13-27-18(16)21(2,3)4;/h15-18H,6-14H2,1-5H3,(H2,22,23,24);1H. The van der Waals surface area contributed by atoms with E-state index in [2.05, 4.69) is 36.4 Å². The van der Waals surface area contributed by atoms with Crippen LogP contribution in [-0.2, 0) is 14.3 Å². The van der Waals surface area contributed by atoms with Gasteiger partial charge in [0.25, 0.3) is 0 Å². The number of carbonyl (C=O) groups is 1. The van der Waals surface area contributed by atoms with E-state index in [0.29, 0.717) is 18.6 Å². The summed E-state index contributed by atoms with van der Waals surface area (Å²) in [4.78, 5) is 16.3. The average Bonchev–Trinajstić information content (AvgIpc) is 2.65. The Morgan fingerprint density at radius 1 is 1.18 bits per heavy atom. The second-order valence-corrected chi connectivity index (χ2v) is 8.96. The van der Waals surface area contributed by atoms with Crippen molar-refractivity contribution in [3.63, 3.8) is 0 Å². The third kappa shape index (κ3) is 7.69. The van der Waals surface area contributed by atoms with Crippen LogP contribution >= 0.6 is 24.0 Å². The number of guanidine groups is 1. The van der Waals surface area contributed by atoms with E-state index in [4.69, 9.17) is 9.47 Å². The van der Waals surface area contributed by atoms with Gasteiger partial charge in [0.15, 0.2) is 5.96 Å². The van der Waals surface area contributed by atoms with Crippen molar-refractivity contribution in [1.29, 1.82) is 0 Å². The molecular weight excluding hydrogens is 469 g/mol. The number of nitrogens with zero attached hydrogens (tertiary/aromatic N) is 1. The first kappa shape index (κ1) is 25.5. The Hall–Kier alpha value is -0.570. The van der Waals surface area contributed by atoms with Crippen LogP contribution in [0.5, 0.6) is 0 Å². The highest BCUT2D eigenvalue weighted by atomic mass is 127. The van der Waals surface area contributed by atoms with Crippen LogP contribution in [-0.4, -0.2) is 50.9 Å². The fraction of sp³-hybridized carbons (Fsp3) is 0.905. The molecule has 2 aliphatic rings. The molecule has 0 aromatic carbocycles. The van der Waals surface area contributed by atoms with Crippen LogP contribution in [0.2, 0.25) is 0 Å². The first-order valence-corrected chi connectivity index (χ1v) is 10.6. The maximum absolute atomic E-state index is 11.9. The van der Waals surface area contributed by atoms with Crippen LogP contribution in [0, 0.1) is 17.3 Å². The maximum Gasteiger partial charge on any atom is 0.308 e. The van der Waals surface area contributed by atoms with Crippen LogP contribution in [0.1, 0.15) is 66.2 Å². The molecule has 7 heteroatoms. The van der Waals surface area contributed by atoms with Gasteiger partial charge in [-0.25, -0.2) is 0 Å². The van der Waals surface area contributed by atoms with Crippen LogP contribution in [0.3, 0.4) is 0 Å². The average molecular weight is 509 g/mol. The van der Waals surface area contributed by atoms with E-state index in [0.717, 1.165) is 51.2 Å². The van der Waals surface area contributed by atoms with Crippen LogP contribution in [0.4, 0.5) is 0 Å². The highest BCUT2D eigenvalue weighted by Crippen LogP contribution is 2.33. The fourth-order valence-corrected chi connectivity index (χ4v) is 4.36. The van der Waals surface area contributed by atoms with Crippen molar-refractivity contribution < 1.29 is 14.3 Å². The highest BCUT2D eigenvalue weighted by molar-refractivity contribution is 14.0. The van der Waals surface area contributed by atoms with Gasteiger partial charge < -0.3 is 20.1 Å². The molecule has 1 aliphatic carbocycles. The van der Waals surface area contributed by atoms with Gasteiger partial charge in [0.05, 0.1) is 18.6 Å². The van der Waals surface area contributed by atoms with E-state index in [1.54, 1.807) is 0 Å². The van der Waals surface area contributed by atoms with E-state index in [9.17, 15) is 4.79 Å². The van der Waals surface area contributed by atoms with Crippen LogP contribution in [0.15, 0.2) is 4.99 Å². The van der Waals surface area contributed by atoms with Gasteiger partial charge >= 0.3 is 5.97 Å². The second kappa shape index (κ2) is 12.2. The van der Waals surface area contributed by atoms with E-state index in [1.165, 1.54) is 6.42 Å². The zero-order valence-corrected chi connectivity index (χ0v) is 20.6. The second-order valence-electron chi connectivity index (χ2n) is 8.96. The van der Waals surface area contributed by atoms with Crippen LogP contribution in [0.25, 0.3) is 0 Å². The molecule has 28 heavy (non-hydrogen) atoms. The Bertz CT molecular complexity index is 500. The number of carbonyl (C=O) groups excluding carboxylic acids is 1. The lowest BCUT2D eigenvalue weighted by atomic mass is 9.78. The number of esters is 1. The molecule has 2 N–H and O–H groups in total. The van der Waals surface area contributed by atoms with E-state index < -0.39 is 0 Å². The van der Waals surface area contributed by atoms with Crippen molar-refractivity contribution in [1.82, 2.24) is 10.6 Å². The summed E-state index contributed by atoms with van der Waals surface area (Å²) in [5.74, 6) is 1.37. The lowest BCUT2D eigenvalue weighted by Gasteiger charge is -2.40. The Morgan fingerprint density at radius 2 is 1.86 bits per heavy atom. The molecule has 0 aromatic rings. The number of ether oxygens (including phenoxy) is 2. The molecule has 2 rings (SSSR count). The quantitative estimate of drug-likeness (QED) is 0.256. The summed E-state index contributed by atoms with van der Waals surface area (Å²) in [6.07, 6.45) is 6.31. The van der Waals surface area contributed by atoms with Crippen LogP contribution < -0.4 is 10.6 Å². The summed E-state index contributed by atoms with van der Waals surface area (Å²) in [7, 11) is 1.82. The number of halogens is 1. The lowest BCUT2D eigenvalue weighted by molar-refractivity contribution is -0.149. The first-order valence-electron chi connectivity index (χ1n) is 10.6. The summed E-state index contributed by atoms with van der Waals surface area (Å²) in [6.45, 7) is 10.8. The van der Waals surface area contributed by atoms with Gasteiger partial charge in [0.1, 0.15) is 0 Å². The Balaban J connectivity index is 0.00000392. The zero-order valence-electron chi connectivity index (χ0n) is 18.3. The van der Waals surface area contributed by atoms with Gasteiger partial charge in [-0.2, -0.15) is 0 Å². The summed E-state index contributed by atoms with van der Waals surface area (Å²) in [5, 5.41) is 7.05. The molecule has 1 saturated carbocycles. The monoisotopic (exact) mass is 509 g/mol. The molecule has 6 nitrogen and oxygen atoms in total. The van der Waals surface area contributed by atoms with Gasteiger partial charge in [-0.3, -0.25) is 9.79 Å². The molecule has 0 amide bonds. The molecular formula is C21H40IN3O3. The smallest absolute Gasteiger partial charge is 0.308 e. The minimum Gasteiger partial charge on any atom is -0.466 e. The van der Waals surface area contributed by atoms with Crippen molar-refractivity contribution in [2.75, 3.05) is 26.8 Å². The van der Waals surface area contributed by atoms with Crippen molar-refractivity contribution in [2.24, 2.45) is 22.2 Å². The van der Waals surface area contributed by atoms with Gasteiger partial charge in [-0.1, -0.05) is 20.8 Å². The maximum atomic E-state index is 11.9. The molecule has 164 valence electrons. The predicted molar refractivity (Wildman–Crippen MR) is 124 cm³/mol. The molecule has 0 bridgehead atoms. The van der Waals surface area contributed by atoms with E-state index in [-0.39, 0.29) is 47.4 Å². The normalized spacial score (nSPS) is 28.8. The Kier molecular flexibility index (Phi) is 11.1. The number of aliphatic imine (C=N–C) groups is 1. The van der Waals surface area contributed by atoms with Crippen molar-refractivity contribution in [3.05, 3.63) is 0 Å². The van der Waals surface area contributed by atoms with Gasteiger partial charge in [-0.15, -0.1) is 24.0 Å². The molecule has 0 aromatic heterocycles. The number of rotatable bonds is 5. The zero-order chi connectivity index (χ0) is 19.9. The van der Waals surface area contributed by atoms with Crippen molar-refractivity contribution in [3.8, 4) is 0 Å². The SMILES string of the molecule is CCOC(=O)C1CCC(NC(=NC)NCC2CCCOC2C(C)(C)C)CC1.I. The molecule has 0 spiro atoms. The molecule has 0 radical (unpaired) electrons. The first-order chi connectivity index (χ1) is 12.8. The molecule has 1 heterocycles. The summed E-state index contributed by atoms with van der Waals surface area (Å²) < 4.78 is 11.2. The minimum absolute atomic E-state index is 0. The lowest BCUT2D eigenvalue weighted by Crippen LogP contribution is -2.50. The summed E-state index contributed by atoms with van der Waals surface area (Å²) >= 11 is 0. The largest absolute Gasteiger partial charge is 0.466 e. The number of hydrogen-bond acceptors (Lipinski definition) is 4. The van der Waals surface area contributed by atoms with Crippen molar-refractivity contribution in [2.45, 2.75) is 78.4 Å². The summed E-state index contributed by atoms with van der Waals surface area (Å²) in [5.41, 5.74) is 0.148. The molecule has 1 saturated heterocycles. The molecule has 1 aliphatic heterocycles. The van der Waals surface area contributed by atoms with Gasteiger partial charge in [0, 0.05) is 32.2 Å². The third-order valence-electron chi connectivity index (χ3n) is 5.74. The molecule has 2 fully saturated rings. The number of hydrogen-bond donors (Lipinski definition) is 2. The van der Waals surface area contributed by atoms with E-state index in [1.807, 2.05) is 14.0 Å². The third-order valence-corrected chi connectivity index (χ3v) is 5.74. The highest BCUT2D eigenvalue weighted by Gasteiger charge is 2.35. The van der Waals surface area contributed by atoms with Gasteiger partial charge in [-0.05, 0) is 50.9 Å².